The molecule has 4 aromatic rings. The highest BCUT2D eigenvalue weighted by Gasteiger charge is 2.21. The van der Waals surface area contributed by atoms with Crippen molar-refractivity contribution in [2.75, 3.05) is 12.4 Å². The number of amides is 1. The molecule has 0 aliphatic carbocycles. The van der Waals surface area contributed by atoms with Gasteiger partial charge in [0.2, 0.25) is 10.0 Å². The standard InChI is InChI=1S/C22H19N3O3S2/c1-25(14-16-5-3-2-4-6-16)30(27,28)19-10-7-17(8-11-19)22(26)24-18-9-12-20-21(13-18)29-15-23-20/h2-13,15H,14H2,1H3,(H,24,26). The minimum absolute atomic E-state index is 0.142. The first kappa shape index (κ1) is 20.2. The number of aromatic nitrogens is 1. The van der Waals surface area contributed by atoms with Crippen molar-refractivity contribution in [3.05, 3.63) is 89.4 Å². The van der Waals surface area contributed by atoms with Crippen LogP contribution in [-0.2, 0) is 16.6 Å². The first-order chi connectivity index (χ1) is 14.4. The maximum Gasteiger partial charge on any atom is 0.255 e. The molecule has 152 valence electrons. The summed E-state index contributed by atoms with van der Waals surface area (Å²) in [6, 6.07) is 20.8. The maximum absolute atomic E-state index is 12.8. The summed E-state index contributed by atoms with van der Waals surface area (Å²) < 4.78 is 27.9. The number of carbonyl (C=O) groups excluding carboxylic acids is 1. The van der Waals surface area contributed by atoms with Crippen molar-refractivity contribution in [2.45, 2.75) is 11.4 Å². The SMILES string of the molecule is CN(Cc1ccccc1)S(=O)(=O)c1ccc(C(=O)Nc2ccc3ncsc3c2)cc1. The Labute approximate surface area is 178 Å². The number of nitrogens with one attached hydrogen (secondary N) is 1. The third-order valence-electron chi connectivity index (χ3n) is 4.66. The lowest BCUT2D eigenvalue weighted by Gasteiger charge is -2.17. The van der Waals surface area contributed by atoms with Crippen LogP contribution in [0.1, 0.15) is 15.9 Å². The molecule has 3 aromatic carbocycles. The largest absolute Gasteiger partial charge is 0.322 e. The predicted molar refractivity (Wildman–Crippen MR) is 119 cm³/mol. The highest BCUT2D eigenvalue weighted by molar-refractivity contribution is 7.89. The molecule has 0 aliphatic heterocycles. The Morgan fingerprint density at radius 1 is 1.03 bits per heavy atom. The van der Waals surface area contributed by atoms with Crippen molar-refractivity contribution in [3.63, 3.8) is 0 Å². The monoisotopic (exact) mass is 437 g/mol. The Morgan fingerprint density at radius 3 is 2.50 bits per heavy atom. The number of carbonyl (C=O) groups is 1. The number of benzene rings is 3. The first-order valence-electron chi connectivity index (χ1n) is 9.18. The molecule has 1 aromatic heterocycles. The van der Waals surface area contributed by atoms with E-state index in [0.717, 1.165) is 15.8 Å². The smallest absolute Gasteiger partial charge is 0.255 e. The molecule has 6 nitrogen and oxygen atoms in total. The summed E-state index contributed by atoms with van der Waals surface area (Å²) in [5, 5.41) is 2.83. The molecule has 1 N–H and O–H groups in total. The minimum atomic E-state index is -3.66. The van der Waals surface area contributed by atoms with Crippen molar-refractivity contribution in [1.82, 2.24) is 9.29 Å². The van der Waals surface area contributed by atoms with Gasteiger partial charge in [-0.3, -0.25) is 4.79 Å². The minimum Gasteiger partial charge on any atom is -0.322 e. The second-order valence-electron chi connectivity index (χ2n) is 6.76. The normalized spacial score (nSPS) is 11.7. The molecule has 1 heterocycles. The van der Waals surface area contributed by atoms with Gasteiger partial charge >= 0.3 is 0 Å². The van der Waals surface area contributed by atoms with Gasteiger partial charge < -0.3 is 5.32 Å². The Balaban J connectivity index is 1.47. The second-order valence-corrected chi connectivity index (χ2v) is 9.69. The van der Waals surface area contributed by atoms with Gasteiger partial charge in [0.05, 0.1) is 20.6 Å². The molecule has 0 spiro atoms. The fraction of sp³-hybridized carbons (Fsp3) is 0.0909. The van der Waals surface area contributed by atoms with Crippen molar-refractivity contribution in [2.24, 2.45) is 0 Å². The van der Waals surface area contributed by atoms with Gasteiger partial charge in [-0.1, -0.05) is 30.3 Å². The average Bonchev–Trinajstić information content (AvgIpc) is 3.22. The number of rotatable bonds is 6. The molecule has 4 rings (SSSR count). The molecule has 0 bridgehead atoms. The van der Waals surface area contributed by atoms with Gasteiger partial charge in [-0.2, -0.15) is 4.31 Å². The molecule has 0 fully saturated rings. The van der Waals surface area contributed by atoms with Crippen molar-refractivity contribution >= 4 is 43.2 Å². The first-order valence-corrected chi connectivity index (χ1v) is 11.5. The molecule has 0 saturated heterocycles. The van der Waals surface area contributed by atoms with E-state index in [2.05, 4.69) is 10.3 Å². The number of fused-ring (bicyclic) bond motifs is 1. The molecule has 0 unspecified atom stereocenters. The second kappa shape index (κ2) is 8.35. The molecule has 1 amide bonds. The summed E-state index contributed by atoms with van der Waals surface area (Å²) in [6.07, 6.45) is 0. The Bertz CT molecular complexity index is 1280. The molecule has 0 saturated carbocycles. The highest BCUT2D eigenvalue weighted by Crippen LogP contribution is 2.23. The van der Waals surface area contributed by atoms with Crippen LogP contribution in [0.3, 0.4) is 0 Å². The molecule has 0 radical (unpaired) electrons. The lowest BCUT2D eigenvalue weighted by molar-refractivity contribution is 0.102. The molecule has 30 heavy (non-hydrogen) atoms. The number of thiazole rings is 1. The van der Waals surface area contributed by atoms with E-state index < -0.39 is 10.0 Å². The average molecular weight is 438 g/mol. The Kier molecular flexibility index (Phi) is 5.63. The summed E-state index contributed by atoms with van der Waals surface area (Å²) in [5.41, 5.74) is 4.58. The van der Waals surface area contributed by atoms with Crippen LogP contribution in [0, 0.1) is 0 Å². The van der Waals surface area contributed by atoms with E-state index in [1.165, 1.54) is 39.9 Å². The van der Waals surface area contributed by atoms with Gasteiger partial charge in [0, 0.05) is 24.8 Å². The zero-order valence-electron chi connectivity index (χ0n) is 16.1. The van der Waals surface area contributed by atoms with Crippen LogP contribution in [0.2, 0.25) is 0 Å². The van der Waals surface area contributed by atoms with Crippen LogP contribution < -0.4 is 5.32 Å². The predicted octanol–water partition coefficient (Wildman–Crippen LogP) is 4.37. The van der Waals surface area contributed by atoms with E-state index in [0.29, 0.717) is 11.3 Å². The van der Waals surface area contributed by atoms with Crippen LogP contribution in [0.15, 0.2) is 83.2 Å². The van der Waals surface area contributed by atoms with Gasteiger partial charge in [-0.05, 0) is 48.0 Å². The lowest BCUT2D eigenvalue weighted by Crippen LogP contribution is -2.26. The van der Waals surface area contributed by atoms with Crippen LogP contribution in [-0.4, -0.2) is 30.7 Å². The number of hydrogen-bond acceptors (Lipinski definition) is 5. The zero-order valence-corrected chi connectivity index (χ0v) is 17.8. The zero-order chi connectivity index (χ0) is 21.1. The number of nitrogens with zero attached hydrogens (tertiary/aromatic N) is 2. The topological polar surface area (TPSA) is 79.4 Å². The fourth-order valence-corrected chi connectivity index (χ4v) is 4.90. The Morgan fingerprint density at radius 2 is 1.77 bits per heavy atom. The van der Waals surface area contributed by atoms with Crippen LogP contribution in [0.25, 0.3) is 10.2 Å². The van der Waals surface area contributed by atoms with E-state index in [1.807, 2.05) is 42.5 Å². The number of anilines is 1. The summed E-state index contributed by atoms with van der Waals surface area (Å²) in [7, 11) is -2.12. The van der Waals surface area contributed by atoms with E-state index in [4.69, 9.17) is 0 Å². The third kappa shape index (κ3) is 4.25. The lowest BCUT2D eigenvalue weighted by atomic mass is 10.2. The fourth-order valence-electron chi connectivity index (χ4n) is 3.02. The number of hydrogen-bond donors (Lipinski definition) is 1. The van der Waals surface area contributed by atoms with E-state index in [9.17, 15) is 13.2 Å². The maximum atomic E-state index is 12.8. The summed E-state index contributed by atoms with van der Waals surface area (Å²) in [6.45, 7) is 0.269. The quantitative estimate of drug-likeness (QED) is 0.486. The van der Waals surface area contributed by atoms with Crippen LogP contribution >= 0.6 is 11.3 Å². The van der Waals surface area contributed by atoms with Gasteiger partial charge in [-0.25, -0.2) is 13.4 Å². The van der Waals surface area contributed by atoms with Crippen molar-refractivity contribution in [3.8, 4) is 0 Å². The summed E-state index contributed by atoms with van der Waals surface area (Å²) in [4.78, 5) is 16.9. The summed E-state index contributed by atoms with van der Waals surface area (Å²) in [5.74, 6) is -0.305. The highest BCUT2D eigenvalue weighted by atomic mass is 32.2. The Hall–Kier alpha value is -3.07. The van der Waals surface area contributed by atoms with Gasteiger partial charge in [0.1, 0.15) is 0 Å². The van der Waals surface area contributed by atoms with Crippen LogP contribution in [0.5, 0.6) is 0 Å². The van der Waals surface area contributed by atoms with Gasteiger partial charge in [-0.15, -0.1) is 11.3 Å². The number of sulfonamides is 1. The molecular weight excluding hydrogens is 418 g/mol. The molecular formula is C22H19N3O3S2. The molecule has 0 aliphatic rings. The molecule has 8 heteroatoms. The van der Waals surface area contributed by atoms with Crippen molar-refractivity contribution in [1.29, 1.82) is 0 Å². The summed E-state index contributed by atoms with van der Waals surface area (Å²) >= 11 is 1.50. The van der Waals surface area contributed by atoms with E-state index in [1.54, 1.807) is 18.6 Å². The van der Waals surface area contributed by atoms with E-state index in [-0.39, 0.29) is 17.3 Å². The van der Waals surface area contributed by atoms with Gasteiger partial charge in [0.15, 0.2) is 0 Å². The third-order valence-corrected chi connectivity index (χ3v) is 7.27. The van der Waals surface area contributed by atoms with Crippen LogP contribution in [0.4, 0.5) is 5.69 Å². The van der Waals surface area contributed by atoms with Gasteiger partial charge in [0.25, 0.3) is 5.91 Å². The van der Waals surface area contributed by atoms with E-state index >= 15 is 0 Å². The van der Waals surface area contributed by atoms with Crippen molar-refractivity contribution < 1.29 is 13.2 Å². The molecule has 0 atom stereocenters.